The van der Waals surface area contributed by atoms with Crippen molar-refractivity contribution in [1.82, 2.24) is 20.1 Å². The molecule has 3 heterocycles. The highest BCUT2D eigenvalue weighted by Gasteiger charge is 2.26. The molecule has 1 aromatic carbocycles. The van der Waals surface area contributed by atoms with Gasteiger partial charge in [-0.2, -0.15) is 5.10 Å². The third kappa shape index (κ3) is 5.22. The van der Waals surface area contributed by atoms with Gasteiger partial charge in [0.05, 0.1) is 35.7 Å². The smallest absolute Gasteiger partial charge is 0.270 e. The van der Waals surface area contributed by atoms with Gasteiger partial charge < -0.3 is 5.32 Å². The highest BCUT2D eigenvalue weighted by molar-refractivity contribution is 7.90. The summed E-state index contributed by atoms with van der Waals surface area (Å²) in [7, 11) is -3.49. The maximum absolute atomic E-state index is 13.5. The van der Waals surface area contributed by atoms with Crippen LogP contribution in [0.4, 0.5) is 4.39 Å². The maximum Gasteiger partial charge on any atom is 0.270 e. The molecule has 1 aliphatic rings. The van der Waals surface area contributed by atoms with Crippen LogP contribution in [0, 0.1) is 5.82 Å². The fraction of sp³-hybridized carbons (Fsp3) is 0.280. The Bertz CT molecular complexity index is 1430. The Morgan fingerprint density at radius 1 is 1.20 bits per heavy atom. The van der Waals surface area contributed by atoms with Crippen molar-refractivity contribution in [3.05, 3.63) is 77.0 Å². The largest absolute Gasteiger partial charge is 0.344 e. The van der Waals surface area contributed by atoms with Crippen molar-refractivity contribution in [2.24, 2.45) is 4.99 Å². The van der Waals surface area contributed by atoms with Crippen LogP contribution in [0.5, 0.6) is 0 Å². The van der Waals surface area contributed by atoms with Crippen LogP contribution in [0.15, 0.2) is 64.4 Å². The summed E-state index contributed by atoms with van der Waals surface area (Å²) in [4.78, 5) is 22.0. The maximum atomic E-state index is 13.5. The first-order valence-corrected chi connectivity index (χ1v) is 13.2. The number of pyridine rings is 1. The second kappa shape index (κ2) is 9.91. The van der Waals surface area contributed by atoms with Gasteiger partial charge in [0.15, 0.2) is 14.9 Å². The minimum atomic E-state index is -3.49. The number of aromatic nitrogens is 3. The standard InChI is InChI=1S/C25H26FN5O3S/c1-4-16-12-22-20(15-29-31(22)19-8-6-18(26)7-9-19)24(28-14-16)25(32)30-21(5-2)17-10-11-27-23(13-17)35(3,33)34/h6-13,15,21H,4-5,14H2,1-3H3,(H,30,32). The lowest BCUT2D eigenvalue weighted by Gasteiger charge is -2.18. The highest BCUT2D eigenvalue weighted by atomic mass is 32.2. The molecule has 0 spiro atoms. The van der Waals surface area contributed by atoms with E-state index >= 15 is 0 Å². The summed E-state index contributed by atoms with van der Waals surface area (Å²) in [5, 5.41) is 7.39. The lowest BCUT2D eigenvalue weighted by atomic mass is 10.0. The molecule has 2 aromatic heterocycles. The first-order chi connectivity index (χ1) is 16.7. The van der Waals surface area contributed by atoms with Gasteiger partial charge in [-0.25, -0.2) is 22.5 Å². The number of hydrogen-bond donors (Lipinski definition) is 1. The van der Waals surface area contributed by atoms with E-state index in [0.717, 1.165) is 18.2 Å². The topological polar surface area (TPSA) is 106 Å². The van der Waals surface area contributed by atoms with Crippen molar-refractivity contribution < 1.29 is 17.6 Å². The highest BCUT2D eigenvalue weighted by Crippen LogP contribution is 2.25. The van der Waals surface area contributed by atoms with Crippen molar-refractivity contribution >= 4 is 27.5 Å². The van der Waals surface area contributed by atoms with E-state index in [4.69, 9.17) is 0 Å². The Morgan fingerprint density at radius 2 is 1.94 bits per heavy atom. The average molecular weight is 496 g/mol. The van der Waals surface area contributed by atoms with E-state index in [2.05, 4.69) is 20.4 Å². The van der Waals surface area contributed by atoms with Gasteiger partial charge in [0.1, 0.15) is 11.5 Å². The van der Waals surface area contributed by atoms with Gasteiger partial charge >= 0.3 is 0 Å². The molecule has 0 fully saturated rings. The molecule has 0 aliphatic carbocycles. The number of fused-ring (bicyclic) bond motifs is 1. The number of nitrogens with one attached hydrogen (secondary N) is 1. The van der Waals surface area contributed by atoms with Crippen LogP contribution in [-0.4, -0.2) is 47.6 Å². The number of benzene rings is 1. The van der Waals surface area contributed by atoms with Crippen molar-refractivity contribution in [2.75, 3.05) is 12.8 Å². The molecule has 10 heteroatoms. The molecule has 1 amide bonds. The Kier molecular flexibility index (Phi) is 6.93. The number of carbonyl (C=O) groups excluding carboxylic acids is 1. The Labute approximate surface area is 203 Å². The molecule has 0 saturated carbocycles. The van der Waals surface area contributed by atoms with Gasteiger partial charge in [-0.1, -0.05) is 13.8 Å². The summed E-state index contributed by atoms with van der Waals surface area (Å²) in [6.07, 6.45) is 7.35. The molecule has 0 bridgehead atoms. The SMILES string of the molecule is CCC1=Cc2c(cnn2-c2ccc(F)cc2)C(C(=O)NC(CC)c2ccnc(S(C)(=O)=O)c2)=NC1. The summed E-state index contributed by atoms with van der Waals surface area (Å²) < 4.78 is 39.0. The zero-order valence-electron chi connectivity index (χ0n) is 19.7. The Hall–Kier alpha value is -3.66. The quantitative estimate of drug-likeness (QED) is 0.538. The van der Waals surface area contributed by atoms with E-state index in [1.807, 2.05) is 19.9 Å². The second-order valence-electron chi connectivity index (χ2n) is 8.29. The fourth-order valence-electron chi connectivity index (χ4n) is 3.87. The van der Waals surface area contributed by atoms with E-state index in [1.165, 1.54) is 24.4 Å². The van der Waals surface area contributed by atoms with Gasteiger partial charge in [-0.3, -0.25) is 9.79 Å². The number of nitrogens with zero attached hydrogens (tertiary/aromatic N) is 4. The third-order valence-corrected chi connectivity index (χ3v) is 6.82. The molecule has 1 aliphatic heterocycles. The monoisotopic (exact) mass is 495 g/mol. The lowest BCUT2D eigenvalue weighted by molar-refractivity contribution is -0.115. The Balaban J connectivity index is 1.69. The van der Waals surface area contributed by atoms with Crippen molar-refractivity contribution in [2.45, 2.75) is 37.8 Å². The number of rotatable bonds is 7. The predicted molar refractivity (Wildman–Crippen MR) is 132 cm³/mol. The van der Waals surface area contributed by atoms with E-state index in [0.29, 0.717) is 35.5 Å². The number of amides is 1. The molecule has 3 aromatic rings. The van der Waals surface area contributed by atoms with E-state index in [9.17, 15) is 17.6 Å². The second-order valence-corrected chi connectivity index (χ2v) is 10.2. The molecule has 1 unspecified atom stereocenters. The zero-order chi connectivity index (χ0) is 25.2. The average Bonchev–Trinajstić information content (AvgIpc) is 3.15. The number of aliphatic imine (C=N–C) groups is 1. The zero-order valence-corrected chi connectivity index (χ0v) is 20.5. The minimum absolute atomic E-state index is 0.0471. The minimum Gasteiger partial charge on any atom is -0.344 e. The van der Waals surface area contributed by atoms with Crippen LogP contribution in [0.1, 0.15) is 49.6 Å². The molecule has 4 rings (SSSR count). The summed E-state index contributed by atoms with van der Waals surface area (Å²) in [6, 6.07) is 8.70. The van der Waals surface area contributed by atoms with Crippen molar-refractivity contribution in [3.8, 4) is 5.69 Å². The molecule has 182 valence electrons. The molecular weight excluding hydrogens is 469 g/mol. The van der Waals surface area contributed by atoms with E-state index in [1.54, 1.807) is 29.1 Å². The van der Waals surface area contributed by atoms with Crippen LogP contribution in [0.3, 0.4) is 0 Å². The first-order valence-electron chi connectivity index (χ1n) is 11.3. The lowest BCUT2D eigenvalue weighted by Crippen LogP contribution is -2.35. The van der Waals surface area contributed by atoms with Crippen LogP contribution in [0.25, 0.3) is 11.8 Å². The fourth-order valence-corrected chi connectivity index (χ4v) is 4.47. The van der Waals surface area contributed by atoms with Crippen LogP contribution in [-0.2, 0) is 14.6 Å². The van der Waals surface area contributed by atoms with Crippen LogP contribution >= 0.6 is 0 Å². The molecule has 8 nitrogen and oxygen atoms in total. The molecule has 35 heavy (non-hydrogen) atoms. The molecular formula is C25H26FN5O3S. The molecule has 0 radical (unpaired) electrons. The van der Waals surface area contributed by atoms with Gasteiger partial charge in [-0.05, 0) is 66.5 Å². The predicted octanol–water partition coefficient (Wildman–Crippen LogP) is 3.67. The summed E-state index contributed by atoms with van der Waals surface area (Å²) in [5.74, 6) is -0.737. The van der Waals surface area contributed by atoms with Gasteiger partial charge in [0.25, 0.3) is 5.91 Å². The van der Waals surface area contributed by atoms with Crippen LogP contribution < -0.4 is 5.32 Å². The van der Waals surface area contributed by atoms with Crippen molar-refractivity contribution in [3.63, 3.8) is 0 Å². The molecule has 1 atom stereocenters. The summed E-state index contributed by atoms with van der Waals surface area (Å²) >= 11 is 0. The van der Waals surface area contributed by atoms with Gasteiger partial charge in [0.2, 0.25) is 0 Å². The Morgan fingerprint density at radius 3 is 2.60 bits per heavy atom. The van der Waals surface area contributed by atoms with Crippen molar-refractivity contribution in [1.29, 1.82) is 0 Å². The number of hydrogen-bond acceptors (Lipinski definition) is 6. The number of halogens is 1. The summed E-state index contributed by atoms with van der Waals surface area (Å²) in [6.45, 7) is 4.28. The van der Waals surface area contributed by atoms with E-state index < -0.39 is 15.9 Å². The normalized spacial score (nSPS) is 14.4. The molecule has 1 N–H and O–H groups in total. The van der Waals surface area contributed by atoms with E-state index in [-0.39, 0.29) is 22.5 Å². The van der Waals surface area contributed by atoms with Gasteiger partial charge in [0, 0.05) is 12.5 Å². The first kappa shape index (κ1) is 24.5. The third-order valence-electron chi connectivity index (χ3n) is 5.84. The number of carbonyl (C=O) groups is 1. The number of sulfone groups is 1. The van der Waals surface area contributed by atoms with Gasteiger partial charge in [-0.15, -0.1) is 0 Å². The molecule has 0 saturated heterocycles. The summed E-state index contributed by atoms with van der Waals surface area (Å²) in [5.41, 5.74) is 3.83. The van der Waals surface area contributed by atoms with Crippen LogP contribution in [0.2, 0.25) is 0 Å².